The molecule has 1 unspecified atom stereocenters. The summed E-state index contributed by atoms with van der Waals surface area (Å²) in [5, 5.41) is 9.15. The van der Waals surface area contributed by atoms with Gasteiger partial charge in [0.15, 0.2) is 0 Å². The summed E-state index contributed by atoms with van der Waals surface area (Å²) in [4.78, 5) is 23.6. The lowest BCUT2D eigenvalue weighted by atomic mass is 10.1. The number of nitrogens with zero attached hydrogens (tertiary/aromatic N) is 1. The van der Waals surface area contributed by atoms with Crippen LogP contribution in [0.25, 0.3) is 0 Å². The van der Waals surface area contributed by atoms with Gasteiger partial charge in [-0.25, -0.2) is 4.79 Å². The van der Waals surface area contributed by atoms with Crippen molar-refractivity contribution in [3.05, 3.63) is 11.8 Å². The van der Waals surface area contributed by atoms with Crippen LogP contribution in [0.15, 0.2) is 11.8 Å². The third-order valence-corrected chi connectivity index (χ3v) is 3.30. The van der Waals surface area contributed by atoms with Crippen molar-refractivity contribution in [1.82, 2.24) is 4.90 Å². The Morgan fingerprint density at radius 3 is 2.47 bits per heavy atom. The predicted molar refractivity (Wildman–Crippen MR) is 65.3 cm³/mol. The second-order valence-corrected chi connectivity index (χ2v) is 5.26. The van der Waals surface area contributed by atoms with Gasteiger partial charge in [-0.05, 0) is 24.7 Å². The number of hydrogen-bond acceptors (Lipinski definition) is 2. The van der Waals surface area contributed by atoms with E-state index in [9.17, 15) is 9.59 Å². The molecule has 0 aromatic rings. The average Bonchev–Trinajstić information content (AvgIpc) is 2.86. The second kappa shape index (κ2) is 5.34. The Bertz CT molecular complexity index is 334. The molecule has 4 nitrogen and oxygen atoms in total. The van der Waals surface area contributed by atoms with Crippen LogP contribution in [0.5, 0.6) is 0 Å². The molecule has 0 aromatic heterocycles. The second-order valence-electron chi connectivity index (χ2n) is 5.26. The van der Waals surface area contributed by atoms with Gasteiger partial charge in [0.25, 0.3) is 0 Å². The molecule has 0 bridgehead atoms. The van der Waals surface area contributed by atoms with Crippen molar-refractivity contribution < 1.29 is 14.7 Å². The molecule has 0 aliphatic heterocycles. The molecule has 1 atom stereocenters. The summed E-state index contributed by atoms with van der Waals surface area (Å²) < 4.78 is 0. The van der Waals surface area contributed by atoms with Crippen molar-refractivity contribution in [2.24, 2.45) is 5.41 Å². The number of aliphatic carboxylic acids is 1. The van der Waals surface area contributed by atoms with E-state index in [0.717, 1.165) is 19.3 Å². The Hall–Kier alpha value is -1.32. The number of amides is 1. The molecule has 96 valence electrons. The first-order chi connectivity index (χ1) is 7.94. The molecule has 1 fully saturated rings. The summed E-state index contributed by atoms with van der Waals surface area (Å²) in [5.74, 6) is -1.02. The molecule has 17 heavy (non-hydrogen) atoms. The SMILES string of the molecule is CCCCC=C(C(=O)O)N(C=O)C1CC1(C)C. The molecule has 4 heteroatoms. The topological polar surface area (TPSA) is 57.6 Å². The van der Waals surface area contributed by atoms with Crippen LogP contribution in [0.4, 0.5) is 0 Å². The third-order valence-electron chi connectivity index (χ3n) is 3.30. The number of carbonyl (C=O) groups is 2. The van der Waals surface area contributed by atoms with E-state index in [-0.39, 0.29) is 17.2 Å². The lowest BCUT2D eigenvalue weighted by molar-refractivity contribution is -0.136. The fourth-order valence-electron chi connectivity index (χ4n) is 1.96. The first-order valence-corrected chi connectivity index (χ1v) is 6.11. The van der Waals surface area contributed by atoms with Crippen LogP contribution in [-0.2, 0) is 9.59 Å². The molecular formula is C13H21NO3. The average molecular weight is 239 g/mol. The van der Waals surface area contributed by atoms with Crippen molar-refractivity contribution in [2.75, 3.05) is 0 Å². The van der Waals surface area contributed by atoms with Crippen LogP contribution in [-0.4, -0.2) is 28.4 Å². The highest BCUT2D eigenvalue weighted by Crippen LogP contribution is 2.49. The zero-order valence-electron chi connectivity index (χ0n) is 10.8. The molecule has 1 aliphatic rings. The minimum Gasteiger partial charge on any atom is -0.477 e. The molecule has 1 rings (SSSR count). The number of carboxylic acid groups (broad SMARTS) is 1. The van der Waals surface area contributed by atoms with E-state index in [2.05, 4.69) is 6.92 Å². The maximum Gasteiger partial charge on any atom is 0.352 e. The van der Waals surface area contributed by atoms with Gasteiger partial charge in [-0.2, -0.15) is 0 Å². The minimum atomic E-state index is -1.02. The predicted octanol–water partition coefficient (Wildman–Crippen LogP) is 2.40. The van der Waals surface area contributed by atoms with Gasteiger partial charge in [-0.3, -0.25) is 4.79 Å². The van der Waals surface area contributed by atoms with Crippen molar-refractivity contribution in [3.8, 4) is 0 Å². The molecule has 1 N–H and O–H groups in total. The molecular weight excluding hydrogens is 218 g/mol. The highest BCUT2D eigenvalue weighted by Gasteiger charge is 2.50. The Labute approximate surface area is 102 Å². The number of carbonyl (C=O) groups excluding carboxylic acids is 1. The maximum absolute atomic E-state index is 11.2. The summed E-state index contributed by atoms with van der Waals surface area (Å²) in [6.45, 7) is 6.13. The van der Waals surface area contributed by atoms with Gasteiger partial charge in [0.1, 0.15) is 5.70 Å². The minimum absolute atomic E-state index is 0.0315. The van der Waals surface area contributed by atoms with E-state index in [1.54, 1.807) is 6.08 Å². The number of rotatable bonds is 7. The molecule has 0 radical (unpaired) electrons. The largest absolute Gasteiger partial charge is 0.477 e. The van der Waals surface area contributed by atoms with Gasteiger partial charge in [0.2, 0.25) is 6.41 Å². The Kier molecular flexibility index (Phi) is 4.32. The highest BCUT2D eigenvalue weighted by molar-refractivity contribution is 5.88. The van der Waals surface area contributed by atoms with Crippen molar-refractivity contribution in [3.63, 3.8) is 0 Å². The van der Waals surface area contributed by atoms with Gasteiger partial charge in [-0.1, -0.05) is 33.3 Å². The molecule has 0 heterocycles. The van der Waals surface area contributed by atoms with Gasteiger partial charge >= 0.3 is 5.97 Å². The van der Waals surface area contributed by atoms with Crippen LogP contribution in [0.1, 0.15) is 46.5 Å². The number of carboxylic acids is 1. The smallest absolute Gasteiger partial charge is 0.352 e. The summed E-state index contributed by atoms with van der Waals surface area (Å²) in [6.07, 6.45) is 5.83. The van der Waals surface area contributed by atoms with Crippen LogP contribution in [0.3, 0.4) is 0 Å². The number of unbranched alkanes of at least 4 members (excludes halogenated alkanes) is 2. The van der Waals surface area contributed by atoms with Crippen molar-refractivity contribution in [1.29, 1.82) is 0 Å². The van der Waals surface area contributed by atoms with E-state index in [1.165, 1.54) is 4.90 Å². The van der Waals surface area contributed by atoms with Crippen molar-refractivity contribution in [2.45, 2.75) is 52.5 Å². The fourth-order valence-corrected chi connectivity index (χ4v) is 1.96. The van der Waals surface area contributed by atoms with Gasteiger partial charge in [-0.15, -0.1) is 0 Å². The summed E-state index contributed by atoms with van der Waals surface area (Å²) >= 11 is 0. The highest BCUT2D eigenvalue weighted by atomic mass is 16.4. The van der Waals surface area contributed by atoms with E-state index in [1.807, 2.05) is 13.8 Å². The van der Waals surface area contributed by atoms with E-state index in [0.29, 0.717) is 12.8 Å². The lowest BCUT2D eigenvalue weighted by Crippen LogP contribution is -2.30. The van der Waals surface area contributed by atoms with Crippen LogP contribution in [0.2, 0.25) is 0 Å². The third kappa shape index (κ3) is 3.32. The molecule has 0 spiro atoms. The lowest BCUT2D eigenvalue weighted by Gasteiger charge is -2.19. The maximum atomic E-state index is 11.2. The van der Waals surface area contributed by atoms with Crippen LogP contribution in [0, 0.1) is 5.41 Å². The normalized spacial score (nSPS) is 22.1. The molecule has 1 amide bonds. The van der Waals surface area contributed by atoms with Crippen LogP contribution < -0.4 is 0 Å². The fraction of sp³-hybridized carbons (Fsp3) is 0.692. The van der Waals surface area contributed by atoms with Gasteiger partial charge in [0, 0.05) is 6.04 Å². The first kappa shape index (κ1) is 13.7. The Morgan fingerprint density at radius 2 is 2.12 bits per heavy atom. The summed E-state index contributed by atoms with van der Waals surface area (Å²) in [7, 11) is 0. The Morgan fingerprint density at radius 1 is 1.53 bits per heavy atom. The van der Waals surface area contributed by atoms with Crippen LogP contribution >= 0.6 is 0 Å². The molecule has 0 saturated heterocycles. The summed E-state index contributed by atoms with van der Waals surface area (Å²) in [5.41, 5.74) is 0.171. The van der Waals surface area contributed by atoms with Crippen molar-refractivity contribution >= 4 is 12.4 Å². The number of hydrogen-bond donors (Lipinski definition) is 1. The first-order valence-electron chi connectivity index (χ1n) is 6.11. The molecule has 1 aliphatic carbocycles. The molecule has 0 aromatic carbocycles. The molecule has 1 saturated carbocycles. The zero-order chi connectivity index (χ0) is 13.1. The van der Waals surface area contributed by atoms with E-state index >= 15 is 0 Å². The monoisotopic (exact) mass is 239 g/mol. The number of allylic oxidation sites excluding steroid dienone is 1. The van der Waals surface area contributed by atoms with E-state index < -0.39 is 5.97 Å². The zero-order valence-corrected chi connectivity index (χ0v) is 10.8. The summed E-state index contributed by atoms with van der Waals surface area (Å²) in [6, 6.07) is 0.0315. The van der Waals surface area contributed by atoms with Gasteiger partial charge < -0.3 is 10.0 Å². The standard InChI is InChI=1S/C13H21NO3/c1-4-5-6-7-10(12(16)17)14(9-15)11-8-13(11,2)3/h7,9,11H,4-6,8H2,1-3H3,(H,16,17). The Balaban J connectivity index is 2.78. The van der Waals surface area contributed by atoms with Gasteiger partial charge in [0.05, 0.1) is 0 Å². The quantitative estimate of drug-likeness (QED) is 0.421. The van der Waals surface area contributed by atoms with E-state index in [4.69, 9.17) is 5.11 Å².